The number of nitrogens with zero attached hydrogens (tertiary/aromatic N) is 1. The standard InChI is InChI=1S/C16H14N2O4/c1-9-7-14(22-18-9)16(20)21-8-13(19)15-10(2)17-12-6-4-3-5-11(12)15/h3-7,17H,8H2,1-2H3. The number of ketones is 1. The molecule has 0 aliphatic carbocycles. The Kier molecular flexibility index (Phi) is 3.50. The van der Waals surface area contributed by atoms with Gasteiger partial charge in [-0.25, -0.2) is 4.79 Å². The van der Waals surface area contributed by atoms with Crippen LogP contribution >= 0.6 is 0 Å². The third-order valence-electron chi connectivity index (χ3n) is 3.34. The Bertz CT molecular complexity index is 860. The van der Waals surface area contributed by atoms with E-state index in [4.69, 9.17) is 9.26 Å². The lowest BCUT2D eigenvalue weighted by atomic mass is 10.1. The maximum absolute atomic E-state index is 12.3. The molecule has 1 N–H and O–H groups in total. The number of nitrogens with one attached hydrogen (secondary N) is 1. The Morgan fingerprint density at radius 2 is 2.05 bits per heavy atom. The van der Waals surface area contributed by atoms with Crippen molar-refractivity contribution in [2.45, 2.75) is 13.8 Å². The van der Waals surface area contributed by atoms with Crippen LogP contribution in [0.4, 0.5) is 0 Å². The Labute approximate surface area is 126 Å². The number of Topliss-reactive ketones (excluding diaryl/α,β-unsaturated/α-hetero) is 1. The maximum Gasteiger partial charge on any atom is 0.377 e. The molecule has 0 saturated heterocycles. The van der Waals surface area contributed by atoms with Gasteiger partial charge >= 0.3 is 5.97 Å². The highest BCUT2D eigenvalue weighted by atomic mass is 16.6. The average Bonchev–Trinajstić information content (AvgIpc) is 3.07. The van der Waals surface area contributed by atoms with Gasteiger partial charge in [-0.3, -0.25) is 4.79 Å². The lowest BCUT2D eigenvalue weighted by Gasteiger charge is -2.02. The van der Waals surface area contributed by atoms with Crippen LogP contribution in [0.1, 0.15) is 32.3 Å². The molecule has 112 valence electrons. The van der Waals surface area contributed by atoms with Gasteiger partial charge in [0.15, 0.2) is 6.61 Å². The number of carbonyl (C=O) groups is 2. The van der Waals surface area contributed by atoms with Crippen LogP contribution in [0.15, 0.2) is 34.9 Å². The highest BCUT2D eigenvalue weighted by Crippen LogP contribution is 2.22. The van der Waals surface area contributed by atoms with Gasteiger partial charge in [-0.05, 0) is 19.9 Å². The summed E-state index contributed by atoms with van der Waals surface area (Å²) in [6, 6.07) is 8.95. The lowest BCUT2D eigenvalue weighted by molar-refractivity contribution is 0.0435. The second-order valence-electron chi connectivity index (χ2n) is 5.00. The normalized spacial score (nSPS) is 10.8. The molecule has 0 aliphatic rings. The molecule has 3 rings (SSSR count). The third kappa shape index (κ3) is 2.50. The number of esters is 1. The first-order valence-electron chi connectivity index (χ1n) is 6.77. The van der Waals surface area contributed by atoms with Crippen molar-refractivity contribution in [2.75, 3.05) is 6.61 Å². The zero-order valence-electron chi connectivity index (χ0n) is 12.2. The van der Waals surface area contributed by atoms with Gasteiger partial charge in [0.05, 0.1) is 5.69 Å². The number of para-hydroxylation sites is 1. The highest BCUT2D eigenvalue weighted by Gasteiger charge is 2.19. The largest absolute Gasteiger partial charge is 0.451 e. The number of hydrogen-bond donors (Lipinski definition) is 1. The molecule has 6 nitrogen and oxygen atoms in total. The summed E-state index contributed by atoms with van der Waals surface area (Å²) in [6.07, 6.45) is 0. The molecular formula is C16H14N2O4. The Hall–Kier alpha value is -2.89. The second-order valence-corrected chi connectivity index (χ2v) is 5.00. The molecule has 3 aromatic rings. The minimum absolute atomic E-state index is 0.0130. The molecule has 2 aromatic heterocycles. The number of benzene rings is 1. The summed E-state index contributed by atoms with van der Waals surface area (Å²) in [5.74, 6) is -0.980. The van der Waals surface area contributed by atoms with Crippen molar-refractivity contribution in [3.05, 3.63) is 53.0 Å². The minimum Gasteiger partial charge on any atom is -0.451 e. The number of rotatable bonds is 4. The summed E-state index contributed by atoms with van der Waals surface area (Å²) in [5.41, 5.74) is 2.74. The fourth-order valence-corrected chi connectivity index (χ4v) is 2.37. The third-order valence-corrected chi connectivity index (χ3v) is 3.34. The molecule has 22 heavy (non-hydrogen) atoms. The van der Waals surface area contributed by atoms with E-state index in [0.717, 1.165) is 16.6 Å². The summed E-state index contributed by atoms with van der Waals surface area (Å²) in [6.45, 7) is 3.16. The van der Waals surface area contributed by atoms with Crippen molar-refractivity contribution in [3.63, 3.8) is 0 Å². The van der Waals surface area contributed by atoms with Crippen LogP contribution in [0.2, 0.25) is 0 Å². The first kappa shape index (κ1) is 14.1. The van der Waals surface area contributed by atoms with Crippen molar-refractivity contribution in [3.8, 4) is 0 Å². The molecule has 0 bridgehead atoms. The van der Waals surface area contributed by atoms with E-state index in [0.29, 0.717) is 11.3 Å². The van der Waals surface area contributed by atoms with Crippen LogP contribution in [0, 0.1) is 13.8 Å². The highest BCUT2D eigenvalue weighted by molar-refractivity contribution is 6.10. The molecule has 0 fully saturated rings. The van der Waals surface area contributed by atoms with Crippen LogP contribution in [0.25, 0.3) is 10.9 Å². The molecule has 2 heterocycles. The first-order chi connectivity index (χ1) is 10.6. The molecule has 0 amide bonds. The van der Waals surface area contributed by atoms with Crippen molar-refractivity contribution < 1.29 is 18.8 Å². The predicted octanol–water partition coefficient (Wildman–Crippen LogP) is 2.81. The lowest BCUT2D eigenvalue weighted by Crippen LogP contribution is -2.14. The van der Waals surface area contributed by atoms with Crippen LogP contribution in [-0.2, 0) is 4.74 Å². The molecule has 1 aromatic carbocycles. The van der Waals surface area contributed by atoms with E-state index in [1.54, 1.807) is 6.92 Å². The monoisotopic (exact) mass is 298 g/mol. The molecular weight excluding hydrogens is 284 g/mol. The van der Waals surface area contributed by atoms with Crippen LogP contribution in [-0.4, -0.2) is 28.5 Å². The van der Waals surface area contributed by atoms with Gasteiger partial charge < -0.3 is 14.2 Å². The summed E-state index contributed by atoms with van der Waals surface area (Å²) in [5, 5.41) is 4.42. The molecule has 0 aliphatic heterocycles. The van der Waals surface area contributed by atoms with Gasteiger partial charge in [0, 0.05) is 28.2 Å². The quantitative estimate of drug-likeness (QED) is 0.591. The SMILES string of the molecule is Cc1cc(C(=O)OCC(=O)c2c(C)[nH]c3ccccc23)on1. The fourth-order valence-electron chi connectivity index (χ4n) is 2.37. The zero-order valence-corrected chi connectivity index (χ0v) is 12.2. The van der Waals surface area contributed by atoms with Gasteiger partial charge in [0.2, 0.25) is 11.5 Å². The maximum atomic E-state index is 12.3. The predicted molar refractivity (Wildman–Crippen MR) is 78.9 cm³/mol. The number of aromatic amines is 1. The number of H-pyrrole nitrogens is 1. The summed E-state index contributed by atoms with van der Waals surface area (Å²) in [4.78, 5) is 27.2. The molecule has 0 spiro atoms. The number of ether oxygens (including phenoxy) is 1. The second kappa shape index (κ2) is 5.48. The first-order valence-corrected chi connectivity index (χ1v) is 6.77. The molecule has 0 unspecified atom stereocenters. The van der Waals surface area contributed by atoms with Crippen molar-refractivity contribution in [1.29, 1.82) is 0 Å². The number of aromatic nitrogens is 2. The van der Waals surface area contributed by atoms with Crippen LogP contribution in [0.5, 0.6) is 0 Å². The van der Waals surface area contributed by atoms with E-state index in [-0.39, 0.29) is 18.2 Å². The van der Waals surface area contributed by atoms with Crippen molar-refractivity contribution in [2.24, 2.45) is 0 Å². The van der Waals surface area contributed by atoms with Gasteiger partial charge in [-0.2, -0.15) is 0 Å². The Balaban J connectivity index is 1.76. The van der Waals surface area contributed by atoms with E-state index < -0.39 is 5.97 Å². The fraction of sp³-hybridized carbons (Fsp3) is 0.188. The molecule has 0 atom stereocenters. The van der Waals surface area contributed by atoms with E-state index in [9.17, 15) is 9.59 Å². The summed E-state index contributed by atoms with van der Waals surface area (Å²) < 4.78 is 9.80. The van der Waals surface area contributed by atoms with Gasteiger partial charge in [-0.1, -0.05) is 23.4 Å². The number of hydrogen-bond acceptors (Lipinski definition) is 5. The van der Waals surface area contributed by atoms with Crippen LogP contribution < -0.4 is 0 Å². The van der Waals surface area contributed by atoms with E-state index >= 15 is 0 Å². The minimum atomic E-state index is -0.702. The van der Waals surface area contributed by atoms with Crippen LogP contribution in [0.3, 0.4) is 0 Å². The number of carbonyl (C=O) groups excluding carboxylic acids is 2. The van der Waals surface area contributed by atoms with Crippen molar-refractivity contribution in [1.82, 2.24) is 10.1 Å². The van der Waals surface area contributed by atoms with Gasteiger partial charge in [-0.15, -0.1) is 0 Å². The van der Waals surface area contributed by atoms with E-state index in [1.165, 1.54) is 6.07 Å². The number of fused-ring (bicyclic) bond motifs is 1. The topological polar surface area (TPSA) is 85.2 Å². The Morgan fingerprint density at radius 3 is 2.77 bits per heavy atom. The number of aryl methyl sites for hydroxylation is 2. The van der Waals surface area contributed by atoms with Gasteiger partial charge in [0.1, 0.15) is 0 Å². The molecule has 0 radical (unpaired) electrons. The smallest absolute Gasteiger partial charge is 0.377 e. The average molecular weight is 298 g/mol. The molecule has 0 saturated carbocycles. The van der Waals surface area contributed by atoms with Gasteiger partial charge in [0.25, 0.3) is 0 Å². The summed E-state index contributed by atoms with van der Waals surface area (Å²) in [7, 11) is 0. The summed E-state index contributed by atoms with van der Waals surface area (Å²) >= 11 is 0. The molecule has 6 heteroatoms. The van der Waals surface area contributed by atoms with E-state index in [2.05, 4.69) is 10.1 Å². The van der Waals surface area contributed by atoms with E-state index in [1.807, 2.05) is 31.2 Å². The zero-order chi connectivity index (χ0) is 15.7. The van der Waals surface area contributed by atoms with Crippen molar-refractivity contribution >= 4 is 22.7 Å². The Morgan fingerprint density at radius 1 is 1.27 bits per heavy atom.